The zero-order chi connectivity index (χ0) is 21.5. The second-order valence-electron chi connectivity index (χ2n) is 9.36. The van der Waals surface area contributed by atoms with Gasteiger partial charge in [0.2, 0.25) is 11.8 Å². The third-order valence-corrected chi connectivity index (χ3v) is 7.21. The van der Waals surface area contributed by atoms with Crippen molar-refractivity contribution in [3.05, 3.63) is 34.9 Å². The predicted molar refractivity (Wildman–Crippen MR) is 115 cm³/mol. The van der Waals surface area contributed by atoms with Gasteiger partial charge in [0.15, 0.2) is 0 Å². The van der Waals surface area contributed by atoms with Crippen molar-refractivity contribution in [2.24, 2.45) is 11.7 Å². The molecular weight excluding hydrogens is 394 g/mol. The molecule has 3 fully saturated rings. The summed E-state index contributed by atoms with van der Waals surface area (Å²) in [5.74, 6) is 0.0576. The van der Waals surface area contributed by atoms with E-state index in [0.29, 0.717) is 31.1 Å². The maximum Gasteiger partial charge on any atom is 0.255 e. The summed E-state index contributed by atoms with van der Waals surface area (Å²) in [5.41, 5.74) is 8.58. The van der Waals surface area contributed by atoms with Crippen LogP contribution in [-0.2, 0) is 22.7 Å². The highest BCUT2D eigenvalue weighted by Gasteiger charge is 2.40. The van der Waals surface area contributed by atoms with Crippen molar-refractivity contribution in [3.8, 4) is 0 Å². The minimum absolute atomic E-state index is 0.0992. The molecule has 5 rings (SSSR count). The number of rotatable bonds is 6. The quantitative estimate of drug-likeness (QED) is 0.636. The zero-order valence-corrected chi connectivity index (χ0v) is 17.9. The number of imide groups is 1. The number of nitrogens with two attached hydrogens (primary N) is 1. The third kappa shape index (κ3) is 4.12. The standard InChI is InChI=1S/C23H31N5O3/c24-7-8-26-9-10-27(20(14-26)16-3-4-16)12-15-1-2-17-13-28(23(31)18(17)11-15)19-5-6-21(29)25-22(19)30/h1-2,11,16,19-20H,3-10,12-14,24H2,(H,25,29,30). The Hall–Kier alpha value is -2.29. The minimum atomic E-state index is -0.559. The first kappa shape index (κ1) is 20.6. The van der Waals surface area contributed by atoms with E-state index in [4.69, 9.17) is 5.73 Å². The molecule has 1 saturated carbocycles. The lowest BCUT2D eigenvalue weighted by atomic mass is 10.0. The van der Waals surface area contributed by atoms with Crippen molar-refractivity contribution in [2.45, 2.75) is 50.9 Å². The van der Waals surface area contributed by atoms with Crippen molar-refractivity contribution in [1.82, 2.24) is 20.0 Å². The summed E-state index contributed by atoms with van der Waals surface area (Å²) in [6.45, 7) is 6.07. The molecule has 3 amide bonds. The van der Waals surface area contributed by atoms with Crippen LogP contribution < -0.4 is 11.1 Å². The van der Waals surface area contributed by atoms with E-state index in [1.165, 1.54) is 12.8 Å². The van der Waals surface area contributed by atoms with Crippen molar-refractivity contribution >= 4 is 17.7 Å². The third-order valence-electron chi connectivity index (χ3n) is 7.21. The Morgan fingerprint density at radius 1 is 1.10 bits per heavy atom. The average Bonchev–Trinajstić information content (AvgIpc) is 3.54. The Labute approximate surface area is 182 Å². The Balaban J connectivity index is 1.28. The van der Waals surface area contributed by atoms with E-state index in [1.807, 2.05) is 12.1 Å². The summed E-state index contributed by atoms with van der Waals surface area (Å²) in [7, 11) is 0. The van der Waals surface area contributed by atoms with Gasteiger partial charge in [-0.3, -0.25) is 29.5 Å². The first-order chi connectivity index (χ1) is 15.0. The molecule has 2 saturated heterocycles. The SMILES string of the molecule is NCCN1CCN(Cc2ccc3c(c2)C(=O)N(C2CCC(=O)NC2=O)C3)C(C2CC2)C1. The highest BCUT2D eigenvalue weighted by molar-refractivity contribution is 6.05. The van der Waals surface area contributed by atoms with Crippen LogP contribution in [0.25, 0.3) is 0 Å². The van der Waals surface area contributed by atoms with Gasteiger partial charge in [-0.1, -0.05) is 12.1 Å². The molecule has 166 valence electrons. The van der Waals surface area contributed by atoms with Gasteiger partial charge in [-0.25, -0.2) is 0 Å². The number of hydrogen-bond acceptors (Lipinski definition) is 6. The molecule has 8 heteroatoms. The Kier molecular flexibility index (Phi) is 5.54. The highest BCUT2D eigenvalue weighted by atomic mass is 16.2. The summed E-state index contributed by atoms with van der Waals surface area (Å²) < 4.78 is 0. The number of nitrogens with zero attached hydrogens (tertiary/aromatic N) is 3. The van der Waals surface area contributed by atoms with Gasteiger partial charge in [-0.2, -0.15) is 0 Å². The van der Waals surface area contributed by atoms with Crippen LogP contribution in [0.1, 0.15) is 47.2 Å². The smallest absolute Gasteiger partial charge is 0.255 e. The van der Waals surface area contributed by atoms with Crippen LogP contribution in [0.15, 0.2) is 18.2 Å². The second kappa shape index (κ2) is 8.33. The van der Waals surface area contributed by atoms with Gasteiger partial charge in [0.25, 0.3) is 5.91 Å². The van der Waals surface area contributed by atoms with Crippen LogP contribution in [-0.4, -0.2) is 77.2 Å². The zero-order valence-electron chi connectivity index (χ0n) is 17.9. The molecule has 3 N–H and O–H groups in total. The van der Waals surface area contributed by atoms with Gasteiger partial charge in [0.05, 0.1) is 0 Å². The molecule has 0 spiro atoms. The summed E-state index contributed by atoms with van der Waals surface area (Å²) in [6, 6.07) is 6.17. The molecule has 3 heterocycles. The normalized spacial score (nSPS) is 27.5. The van der Waals surface area contributed by atoms with Crippen molar-refractivity contribution in [1.29, 1.82) is 0 Å². The largest absolute Gasteiger partial charge is 0.329 e. The van der Waals surface area contributed by atoms with Gasteiger partial charge in [0.1, 0.15) is 6.04 Å². The van der Waals surface area contributed by atoms with Crippen molar-refractivity contribution in [2.75, 3.05) is 32.7 Å². The fourth-order valence-electron chi connectivity index (χ4n) is 5.35. The van der Waals surface area contributed by atoms with Crippen LogP contribution in [0.3, 0.4) is 0 Å². The predicted octanol–water partition coefficient (Wildman–Crippen LogP) is 0.303. The van der Waals surface area contributed by atoms with Crippen LogP contribution in [0.5, 0.6) is 0 Å². The van der Waals surface area contributed by atoms with Crippen molar-refractivity contribution in [3.63, 3.8) is 0 Å². The first-order valence-electron chi connectivity index (χ1n) is 11.5. The fraction of sp³-hybridized carbons (Fsp3) is 0.609. The number of carbonyl (C=O) groups is 3. The Bertz CT molecular complexity index is 899. The monoisotopic (exact) mass is 425 g/mol. The van der Waals surface area contributed by atoms with Gasteiger partial charge in [-0.15, -0.1) is 0 Å². The second-order valence-corrected chi connectivity index (χ2v) is 9.36. The summed E-state index contributed by atoms with van der Waals surface area (Å²) in [6.07, 6.45) is 3.29. The number of carbonyl (C=O) groups excluding carboxylic acids is 3. The van der Waals surface area contributed by atoms with Gasteiger partial charge in [0, 0.05) is 63.8 Å². The lowest BCUT2D eigenvalue weighted by Crippen LogP contribution is -2.54. The molecular formula is C23H31N5O3. The lowest BCUT2D eigenvalue weighted by Gasteiger charge is -2.42. The number of hydrogen-bond donors (Lipinski definition) is 2. The summed E-state index contributed by atoms with van der Waals surface area (Å²) >= 11 is 0. The molecule has 8 nitrogen and oxygen atoms in total. The minimum Gasteiger partial charge on any atom is -0.329 e. The van der Waals surface area contributed by atoms with Crippen LogP contribution in [0.2, 0.25) is 0 Å². The van der Waals surface area contributed by atoms with Gasteiger partial charge in [-0.05, 0) is 42.4 Å². The maximum absolute atomic E-state index is 13.1. The molecule has 4 aliphatic rings. The Morgan fingerprint density at radius 2 is 1.94 bits per heavy atom. The molecule has 0 aromatic heterocycles. The molecule has 2 unspecified atom stereocenters. The first-order valence-corrected chi connectivity index (χ1v) is 11.5. The van der Waals surface area contributed by atoms with E-state index < -0.39 is 6.04 Å². The van der Waals surface area contributed by atoms with E-state index in [2.05, 4.69) is 21.2 Å². The number of fused-ring (bicyclic) bond motifs is 1. The van der Waals surface area contributed by atoms with E-state index >= 15 is 0 Å². The number of nitrogens with one attached hydrogen (secondary N) is 1. The van der Waals surface area contributed by atoms with Crippen LogP contribution >= 0.6 is 0 Å². The van der Waals surface area contributed by atoms with Crippen LogP contribution in [0, 0.1) is 5.92 Å². The molecule has 0 radical (unpaired) electrons. The van der Waals surface area contributed by atoms with E-state index in [-0.39, 0.29) is 24.1 Å². The fourth-order valence-corrected chi connectivity index (χ4v) is 5.35. The number of piperazine rings is 1. The van der Waals surface area contributed by atoms with Crippen LogP contribution in [0.4, 0.5) is 0 Å². The summed E-state index contributed by atoms with van der Waals surface area (Å²) in [5, 5.41) is 2.36. The van der Waals surface area contributed by atoms with Gasteiger partial charge >= 0.3 is 0 Å². The number of benzene rings is 1. The highest BCUT2D eigenvalue weighted by Crippen LogP contribution is 2.37. The number of piperidine rings is 1. The summed E-state index contributed by atoms with van der Waals surface area (Å²) in [4.78, 5) is 43.5. The molecule has 1 aliphatic carbocycles. The maximum atomic E-state index is 13.1. The van der Waals surface area contributed by atoms with E-state index in [1.54, 1.807) is 4.90 Å². The molecule has 2 atom stereocenters. The molecule has 1 aromatic rings. The molecule has 31 heavy (non-hydrogen) atoms. The average molecular weight is 426 g/mol. The van der Waals surface area contributed by atoms with E-state index in [0.717, 1.165) is 49.8 Å². The van der Waals surface area contributed by atoms with Crippen molar-refractivity contribution < 1.29 is 14.4 Å². The lowest BCUT2D eigenvalue weighted by molar-refractivity contribution is -0.136. The number of amides is 3. The molecule has 0 bridgehead atoms. The Morgan fingerprint density at radius 3 is 2.68 bits per heavy atom. The van der Waals surface area contributed by atoms with Gasteiger partial charge < -0.3 is 10.6 Å². The molecule has 3 aliphatic heterocycles. The topological polar surface area (TPSA) is 99.0 Å². The molecule has 1 aromatic carbocycles. The van der Waals surface area contributed by atoms with E-state index in [9.17, 15) is 14.4 Å².